The first-order valence-corrected chi connectivity index (χ1v) is 8.51. The Morgan fingerprint density at radius 1 is 1.29 bits per heavy atom. The number of hydrogen-bond acceptors (Lipinski definition) is 3. The fourth-order valence-electron chi connectivity index (χ4n) is 2.41. The summed E-state index contributed by atoms with van der Waals surface area (Å²) in [6.07, 6.45) is 1.23. The summed E-state index contributed by atoms with van der Waals surface area (Å²) in [4.78, 5) is 12.9. The van der Waals surface area contributed by atoms with Crippen molar-refractivity contribution in [2.75, 3.05) is 13.1 Å². The van der Waals surface area contributed by atoms with Crippen LogP contribution < -0.4 is 4.72 Å². The number of piperidine rings is 1. The number of sulfonamides is 1. The maximum Gasteiger partial charge on any atom is 0.219 e. The Kier molecular flexibility index (Phi) is 4.95. The zero-order chi connectivity index (χ0) is 15.5. The van der Waals surface area contributed by atoms with Gasteiger partial charge in [0.2, 0.25) is 15.9 Å². The molecule has 1 aliphatic rings. The lowest BCUT2D eigenvalue weighted by Crippen LogP contribution is -2.46. The summed E-state index contributed by atoms with van der Waals surface area (Å²) in [5, 5.41) is 0. The molecule has 0 aliphatic carbocycles. The number of amides is 1. The zero-order valence-corrected chi connectivity index (χ0v) is 12.7. The van der Waals surface area contributed by atoms with Crippen LogP contribution in [0.1, 0.15) is 25.3 Å². The third kappa shape index (κ3) is 4.78. The molecule has 7 heteroatoms. The smallest absolute Gasteiger partial charge is 0.219 e. The average Bonchev–Trinajstić information content (AvgIpc) is 2.41. The highest BCUT2D eigenvalue weighted by atomic mass is 32.2. The van der Waals surface area contributed by atoms with Crippen LogP contribution in [0.2, 0.25) is 0 Å². The quantitative estimate of drug-likeness (QED) is 0.910. The highest BCUT2D eigenvalue weighted by molar-refractivity contribution is 7.88. The number of nitrogens with one attached hydrogen (secondary N) is 1. The largest absolute Gasteiger partial charge is 0.343 e. The van der Waals surface area contributed by atoms with E-state index in [2.05, 4.69) is 4.72 Å². The minimum absolute atomic E-state index is 0.0163. The van der Waals surface area contributed by atoms with Crippen LogP contribution in [0.3, 0.4) is 0 Å². The van der Waals surface area contributed by atoms with E-state index in [1.54, 1.807) is 4.90 Å². The standard InChI is InChI=1S/C14H19FN2O3S/c1-11(18)17-8-6-14(7-9-17)16-21(19,20)10-12-2-4-13(15)5-3-12/h2-5,14,16H,6-10H2,1H3. The molecule has 1 aromatic rings. The summed E-state index contributed by atoms with van der Waals surface area (Å²) >= 11 is 0. The highest BCUT2D eigenvalue weighted by Gasteiger charge is 2.24. The van der Waals surface area contributed by atoms with Gasteiger partial charge < -0.3 is 4.90 Å². The first-order valence-electron chi connectivity index (χ1n) is 6.86. The van der Waals surface area contributed by atoms with Crippen LogP contribution in [0.25, 0.3) is 0 Å². The lowest BCUT2D eigenvalue weighted by molar-refractivity contribution is -0.129. The Labute approximate surface area is 124 Å². The summed E-state index contributed by atoms with van der Waals surface area (Å²) in [6, 6.07) is 5.28. The summed E-state index contributed by atoms with van der Waals surface area (Å²) in [5.41, 5.74) is 0.546. The van der Waals surface area contributed by atoms with Gasteiger partial charge in [0, 0.05) is 26.1 Å². The third-order valence-corrected chi connectivity index (χ3v) is 4.96. The molecule has 2 rings (SSSR count). The van der Waals surface area contributed by atoms with Gasteiger partial charge >= 0.3 is 0 Å². The Bertz CT molecular complexity index is 593. The van der Waals surface area contributed by atoms with E-state index in [1.165, 1.54) is 31.2 Å². The second-order valence-corrected chi connectivity index (χ2v) is 7.04. The Balaban J connectivity index is 1.90. The summed E-state index contributed by atoms with van der Waals surface area (Å²) in [6.45, 7) is 2.65. The zero-order valence-electron chi connectivity index (χ0n) is 11.9. The van der Waals surface area contributed by atoms with Crippen molar-refractivity contribution in [1.29, 1.82) is 0 Å². The van der Waals surface area contributed by atoms with Crippen molar-refractivity contribution in [2.45, 2.75) is 31.6 Å². The predicted molar refractivity (Wildman–Crippen MR) is 77.4 cm³/mol. The van der Waals surface area contributed by atoms with Gasteiger partial charge in [-0.1, -0.05) is 12.1 Å². The van der Waals surface area contributed by atoms with Crippen LogP contribution in [-0.2, 0) is 20.6 Å². The Morgan fingerprint density at radius 2 is 1.86 bits per heavy atom. The van der Waals surface area contributed by atoms with E-state index in [9.17, 15) is 17.6 Å². The predicted octanol–water partition coefficient (Wildman–Crippen LogP) is 1.26. The summed E-state index contributed by atoms with van der Waals surface area (Å²) in [7, 11) is -3.46. The maximum atomic E-state index is 12.8. The topological polar surface area (TPSA) is 66.5 Å². The third-order valence-electron chi connectivity index (χ3n) is 3.56. The van der Waals surface area contributed by atoms with Crippen molar-refractivity contribution in [3.63, 3.8) is 0 Å². The number of halogens is 1. The van der Waals surface area contributed by atoms with Gasteiger partial charge in [0.05, 0.1) is 5.75 Å². The molecule has 0 spiro atoms. The Morgan fingerprint density at radius 3 is 2.38 bits per heavy atom. The van der Waals surface area contributed by atoms with Crippen molar-refractivity contribution in [2.24, 2.45) is 0 Å². The summed E-state index contributed by atoms with van der Waals surface area (Å²) < 4.78 is 39.6. The molecule has 0 atom stereocenters. The monoisotopic (exact) mass is 314 g/mol. The molecule has 116 valence electrons. The lowest BCUT2D eigenvalue weighted by Gasteiger charge is -2.31. The minimum Gasteiger partial charge on any atom is -0.343 e. The molecule has 0 bridgehead atoms. The van der Waals surface area contributed by atoms with E-state index in [0.717, 1.165) is 0 Å². The second-order valence-electron chi connectivity index (χ2n) is 5.28. The fourth-order valence-corrected chi connectivity index (χ4v) is 3.87. The van der Waals surface area contributed by atoms with Crippen LogP contribution in [0.15, 0.2) is 24.3 Å². The van der Waals surface area contributed by atoms with Crippen LogP contribution in [0.4, 0.5) is 4.39 Å². The Hall–Kier alpha value is -1.47. The molecule has 1 heterocycles. The molecule has 1 saturated heterocycles. The lowest BCUT2D eigenvalue weighted by atomic mass is 10.1. The van der Waals surface area contributed by atoms with Crippen LogP contribution in [0.5, 0.6) is 0 Å². The number of rotatable bonds is 4. The van der Waals surface area contributed by atoms with Gasteiger partial charge in [-0.2, -0.15) is 0 Å². The molecule has 0 radical (unpaired) electrons. The van der Waals surface area contributed by atoms with E-state index < -0.39 is 10.0 Å². The molecular formula is C14H19FN2O3S. The molecular weight excluding hydrogens is 295 g/mol. The first-order chi connectivity index (χ1) is 9.85. The van der Waals surface area contributed by atoms with Crippen LogP contribution >= 0.6 is 0 Å². The highest BCUT2D eigenvalue weighted by Crippen LogP contribution is 2.13. The SMILES string of the molecule is CC(=O)N1CCC(NS(=O)(=O)Cc2ccc(F)cc2)CC1. The van der Waals surface area contributed by atoms with Gasteiger partial charge in [-0.25, -0.2) is 17.5 Å². The number of likely N-dealkylation sites (tertiary alicyclic amines) is 1. The molecule has 5 nitrogen and oxygen atoms in total. The number of carbonyl (C=O) groups excluding carboxylic acids is 1. The van der Waals surface area contributed by atoms with Gasteiger partial charge in [-0.3, -0.25) is 4.79 Å². The van der Waals surface area contributed by atoms with Gasteiger partial charge in [-0.15, -0.1) is 0 Å². The normalized spacial score (nSPS) is 17.0. The van der Waals surface area contributed by atoms with Gasteiger partial charge in [-0.05, 0) is 30.5 Å². The average molecular weight is 314 g/mol. The van der Waals surface area contributed by atoms with E-state index in [1.807, 2.05) is 0 Å². The number of carbonyl (C=O) groups is 1. The van der Waals surface area contributed by atoms with Gasteiger partial charge in [0.1, 0.15) is 5.82 Å². The molecule has 0 aromatic heterocycles. The van der Waals surface area contributed by atoms with Crippen molar-refractivity contribution in [1.82, 2.24) is 9.62 Å². The molecule has 21 heavy (non-hydrogen) atoms. The van der Waals surface area contributed by atoms with Crippen molar-refractivity contribution >= 4 is 15.9 Å². The number of benzene rings is 1. The van der Waals surface area contributed by atoms with Gasteiger partial charge in [0.15, 0.2) is 0 Å². The second kappa shape index (κ2) is 6.53. The molecule has 0 saturated carbocycles. The van der Waals surface area contributed by atoms with E-state index in [0.29, 0.717) is 31.5 Å². The molecule has 1 fully saturated rings. The molecule has 0 unspecified atom stereocenters. The minimum atomic E-state index is -3.46. The fraction of sp³-hybridized carbons (Fsp3) is 0.500. The van der Waals surface area contributed by atoms with E-state index in [4.69, 9.17) is 0 Å². The van der Waals surface area contributed by atoms with E-state index >= 15 is 0 Å². The van der Waals surface area contributed by atoms with Crippen molar-refractivity contribution < 1.29 is 17.6 Å². The van der Waals surface area contributed by atoms with Gasteiger partial charge in [0.25, 0.3) is 0 Å². The molecule has 1 N–H and O–H groups in total. The van der Waals surface area contributed by atoms with E-state index in [-0.39, 0.29) is 23.5 Å². The number of hydrogen-bond donors (Lipinski definition) is 1. The van der Waals surface area contributed by atoms with Crippen molar-refractivity contribution in [3.05, 3.63) is 35.6 Å². The molecule has 1 aromatic carbocycles. The number of nitrogens with zero attached hydrogens (tertiary/aromatic N) is 1. The maximum absolute atomic E-state index is 12.8. The van der Waals surface area contributed by atoms with Crippen LogP contribution in [0, 0.1) is 5.82 Å². The van der Waals surface area contributed by atoms with Crippen molar-refractivity contribution in [3.8, 4) is 0 Å². The molecule has 1 aliphatic heterocycles. The first kappa shape index (κ1) is 15.9. The van der Waals surface area contributed by atoms with Crippen LogP contribution in [-0.4, -0.2) is 38.4 Å². The summed E-state index contributed by atoms with van der Waals surface area (Å²) in [5.74, 6) is -0.538. The molecule has 1 amide bonds.